The van der Waals surface area contributed by atoms with Crippen LogP contribution in [0.4, 0.5) is 0 Å². The number of nitrogens with one attached hydrogen (secondary N) is 1. The lowest BCUT2D eigenvalue weighted by Crippen LogP contribution is -2.36. The molecule has 0 saturated heterocycles. The molecule has 92 valence electrons. The summed E-state index contributed by atoms with van der Waals surface area (Å²) < 4.78 is 1.37. The van der Waals surface area contributed by atoms with Crippen molar-refractivity contribution < 1.29 is 0 Å². The second-order valence-electron chi connectivity index (χ2n) is 4.47. The minimum Gasteiger partial charge on any atom is -0.271 e. The van der Waals surface area contributed by atoms with E-state index >= 15 is 0 Å². The molecule has 2 aromatic rings. The number of benzene rings is 1. The largest absolute Gasteiger partial charge is 0.271 e. The fraction of sp³-hybridized carbons (Fsp3) is 0.429. The average Bonchev–Trinajstić information content (AvgIpc) is 2.78. The highest BCUT2D eigenvalue weighted by molar-refractivity contribution is 7.17. The molecule has 3 heteroatoms. The van der Waals surface area contributed by atoms with Crippen LogP contribution in [0.25, 0.3) is 10.1 Å². The highest BCUT2D eigenvalue weighted by Gasteiger charge is 2.10. The van der Waals surface area contributed by atoms with Crippen molar-refractivity contribution in [1.82, 2.24) is 5.43 Å². The highest BCUT2D eigenvalue weighted by Crippen LogP contribution is 2.26. The van der Waals surface area contributed by atoms with E-state index in [2.05, 4.69) is 42.0 Å². The third-order valence-corrected chi connectivity index (χ3v) is 4.18. The summed E-state index contributed by atoms with van der Waals surface area (Å²) in [6.45, 7) is 2.22. The summed E-state index contributed by atoms with van der Waals surface area (Å²) in [7, 11) is 0. The first kappa shape index (κ1) is 12.6. The number of hydrazine groups is 1. The first-order valence-corrected chi connectivity index (χ1v) is 7.14. The third kappa shape index (κ3) is 3.06. The number of unbranched alkanes of at least 4 members (excludes halogenated alkanes) is 1. The molecular formula is C14H20N2S. The molecule has 3 N–H and O–H groups in total. The molecule has 1 unspecified atom stereocenters. The van der Waals surface area contributed by atoms with Gasteiger partial charge in [-0.2, -0.15) is 0 Å². The normalized spacial score (nSPS) is 13.1. The molecule has 1 atom stereocenters. The van der Waals surface area contributed by atoms with Gasteiger partial charge in [0.1, 0.15) is 0 Å². The minimum absolute atomic E-state index is 0.396. The van der Waals surface area contributed by atoms with Crippen LogP contribution in [0.1, 0.15) is 31.7 Å². The standard InChI is InChI=1S/C14H20N2S/c1-2-3-6-12(16-15)9-11-10-17-14-8-5-4-7-13(11)14/h4-5,7-8,10,12,16H,2-3,6,9,15H2,1H3. The smallest absolute Gasteiger partial charge is 0.0345 e. The maximum Gasteiger partial charge on any atom is 0.0345 e. The van der Waals surface area contributed by atoms with Crippen LogP contribution in [-0.2, 0) is 6.42 Å². The Labute approximate surface area is 107 Å². The molecule has 0 aliphatic rings. The van der Waals surface area contributed by atoms with Crippen LogP contribution in [-0.4, -0.2) is 6.04 Å². The Morgan fingerprint density at radius 2 is 2.18 bits per heavy atom. The van der Waals surface area contributed by atoms with Crippen LogP contribution in [0, 0.1) is 0 Å². The van der Waals surface area contributed by atoms with Crippen molar-refractivity contribution in [2.24, 2.45) is 5.84 Å². The van der Waals surface area contributed by atoms with Crippen molar-refractivity contribution in [3.05, 3.63) is 35.2 Å². The van der Waals surface area contributed by atoms with Gasteiger partial charge in [-0.3, -0.25) is 11.3 Å². The van der Waals surface area contributed by atoms with Crippen molar-refractivity contribution in [2.75, 3.05) is 0 Å². The van der Waals surface area contributed by atoms with Gasteiger partial charge in [-0.25, -0.2) is 0 Å². The summed E-state index contributed by atoms with van der Waals surface area (Å²) in [4.78, 5) is 0. The van der Waals surface area contributed by atoms with Crippen LogP contribution in [0.15, 0.2) is 29.6 Å². The summed E-state index contributed by atoms with van der Waals surface area (Å²) in [6.07, 6.45) is 4.64. The van der Waals surface area contributed by atoms with E-state index in [9.17, 15) is 0 Å². The molecule has 0 amide bonds. The summed E-state index contributed by atoms with van der Waals surface area (Å²) >= 11 is 1.82. The maximum atomic E-state index is 5.63. The molecule has 17 heavy (non-hydrogen) atoms. The number of fused-ring (bicyclic) bond motifs is 1. The number of hydrogen-bond acceptors (Lipinski definition) is 3. The molecule has 0 saturated carbocycles. The Bertz CT molecular complexity index is 464. The predicted octanol–water partition coefficient (Wildman–Crippen LogP) is 3.47. The average molecular weight is 248 g/mol. The summed E-state index contributed by atoms with van der Waals surface area (Å²) in [5.41, 5.74) is 4.37. The van der Waals surface area contributed by atoms with Gasteiger partial charge in [-0.1, -0.05) is 38.0 Å². The fourth-order valence-electron chi connectivity index (χ4n) is 2.15. The number of rotatable bonds is 6. The molecule has 0 fully saturated rings. The summed E-state index contributed by atoms with van der Waals surface area (Å²) in [6, 6.07) is 8.98. The molecule has 2 rings (SSSR count). The Kier molecular flexibility index (Phi) is 4.54. The Hall–Kier alpha value is -0.900. The van der Waals surface area contributed by atoms with Crippen molar-refractivity contribution in [3.63, 3.8) is 0 Å². The predicted molar refractivity (Wildman–Crippen MR) is 76.2 cm³/mol. The molecule has 0 aliphatic heterocycles. The lowest BCUT2D eigenvalue weighted by molar-refractivity contribution is 0.475. The van der Waals surface area contributed by atoms with Gasteiger partial charge in [0, 0.05) is 10.7 Å². The van der Waals surface area contributed by atoms with Crippen molar-refractivity contribution in [1.29, 1.82) is 0 Å². The molecule has 1 aromatic carbocycles. The molecule has 0 aliphatic carbocycles. The van der Waals surface area contributed by atoms with Crippen LogP contribution >= 0.6 is 11.3 Å². The minimum atomic E-state index is 0.396. The molecule has 1 aromatic heterocycles. The zero-order valence-electron chi connectivity index (χ0n) is 10.3. The fourth-order valence-corrected chi connectivity index (χ4v) is 3.13. The van der Waals surface area contributed by atoms with Crippen molar-refractivity contribution in [2.45, 2.75) is 38.6 Å². The number of nitrogens with two attached hydrogens (primary N) is 1. The Balaban J connectivity index is 2.11. The molecule has 0 bridgehead atoms. The van der Waals surface area contributed by atoms with E-state index in [4.69, 9.17) is 5.84 Å². The van der Waals surface area contributed by atoms with E-state index in [1.807, 2.05) is 11.3 Å². The topological polar surface area (TPSA) is 38.0 Å². The Morgan fingerprint density at radius 3 is 2.94 bits per heavy atom. The molecule has 2 nitrogen and oxygen atoms in total. The maximum absolute atomic E-state index is 5.63. The van der Waals surface area contributed by atoms with Crippen LogP contribution in [0.5, 0.6) is 0 Å². The van der Waals surface area contributed by atoms with E-state index in [-0.39, 0.29) is 0 Å². The van der Waals surface area contributed by atoms with Gasteiger partial charge in [0.2, 0.25) is 0 Å². The SMILES string of the molecule is CCCCC(Cc1csc2ccccc12)NN. The van der Waals surface area contributed by atoms with E-state index in [1.165, 1.54) is 28.5 Å². The van der Waals surface area contributed by atoms with E-state index in [0.29, 0.717) is 6.04 Å². The molecular weight excluding hydrogens is 228 g/mol. The summed E-state index contributed by atoms with van der Waals surface area (Å²) in [5, 5.41) is 3.65. The van der Waals surface area contributed by atoms with Crippen molar-refractivity contribution in [3.8, 4) is 0 Å². The highest BCUT2D eigenvalue weighted by atomic mass is 32.1. The Morgan fingerprint density at radius 1 is 1.35 bits per heavy atom. The van der Waals surface area contributed by atoms with Gasteiger partial charge in [0.15, 0.2) is 0 Å². The van der Waals surface area contributed by atoms with Gasteiger partial charge in [-0.05, 0) is 35.2 Å². The lowest BCUT2D eigenvalue weighted by atomic mass is 10.0. The van der Waals surface area contributed by atoms with E-state index in [0.717, 1.165) is 12.8 Å². The molecule has 0 spiro atoms. The molecule has 1 heterocycles. The van der Waals surface area contributed by atoms with Crippen LogP contribution in [0.2, 0.25) is 0 Å². The third-order valence-electron chi connectivity index (χ3n) is 3.17. The van der Waals surface area contributed by atoms with Crippen LogP contribution < -0.4 is 11.3 Å². The lowest BCUT2D eigenvalue weighted by Gasteiger charge is -2.14. The van der Waals surface area contributed by atoms with Gasteiger partial charge in [0.05, 0.1) is 0 Å². The zero-order valence-corrected chi connectivity index (χ0v) is 11.1. The second kappa shape index (κ2) is 6.15. The summed E-state index contributed by atoms with van der Waals surface area (Å²) in [5.74, 6) is 5.63. The van der Waals surface area contributed by atoms with E-state index in [1.54, 1.807) is 0 Å². The first-order chi connectivity index (χ1) is 8.35. The first-order valence-electron chi connectivity index (χ1n) is 6.26. The molecule has 0 radical (unpaired) electrons. The van der Waals surface area contributed by atoms with Gasteiger partial charge < -0.3 is 0 Å². The van der Waals surface area contributed by atoms with Gasteiger partial charge in [-0.15, -0.1) is 11.3 Å². The van der Waals surface area contributed by atoms with Gasteiger partial charge >= 0.3 is 0 Å². The zero-order chi connectivity index (χ0) is 12.1. The number of thiophene rings is 1. The van der Waals surface area contributed by atoms with Gasteiger partial charge in [0.25, 0.3) is 0 Å². The van der Waals surface area contributed by atoms with E-state index < -0.39 is 0 Å². The monoisotopic (exact) mass is 248 g/mol. The quantitative estimate of drug-likeness (QED) is 0.607. The second-order valence-corrected chi connectivity index (χ2v) is 5.38. The van der Waals surface area contributed by atoms with Crippen molar-refractivity contribution >= 4 is 21.4 Å². The number of hydrogen-bond donors (Lipinski definition) is 2. The van der Waals surface area contributed by atoms with Crippen LogP contribution in [0.3, 0.4) is 0 Å².